The molecule has 92 valence electrons. The van der Waals surface area contributed by atoms with Gasteiger partial charge in [-0.2, -0.15) is 5.26 Å². The van der Waals surface area contributed by atoms with Crippen molar-refractivity contribution in [2.45, 2.75) is 71.2 Å². The Bertz CT molecular complexity index is 329. The lowest BCUT2D eigenvalue weighted by Crippen LogP contribution is -2.57. The average Bonchev–Trinajstić information content (AvgIpc) is 2.30. The lowest BCUT2D eigenvalue weighted by molar-refractivity contribution is -0.161. The van der Waals surface area contributed by atoms with Gasteiger partial charge in [0.15, 0.2) is 0 Å². The minimum Gasteiger partial charge on any atom is -0.385 e. The van der Waals surface area contributed by atoms with Gasteiger partial charge in [-0.25, -0.2) is 0 Å². The minimum atomic E-state index is -1.10. The predicted molar refractivity (Wildman–Crippen MR) is 62.8 cm³/mol. The summed E-state index contributed by atoms with van der Waals surface area (Å²) in [5, 5.41) is 20.3. The van der Waals surface area contributed by atoms with Crippen molar-refractivity contribution in [3.8, 4) is 6.07 Å². The maximum Gasteiger partial charge on any atom is 0.114 e. The highest BCUT2D eigenvalue weighted by molar-refractivity contribution is 5.19. The molecule has 1 aliphatic heterocycles. The summed E-state index contributed by atoms with van der Waals surface area (Å²) in [6.45, 7) is 11.4. The van der Waals surface area contributed by atoms with Crippen LogP contribution in [-0.2, 0) is 4.74 Å². The second-order valence-corrected chi connectivity index (χ2v) is 6.21. The fourth-order valence-electron chi connectivity index (χ4n) is 2.96. The largest absolute Gasteiger partial charge is 0.385 e. The third kappa shape index (κ3) is 1.65. The molecule has 0 aromatic carbocycles. The van der Waals surface area contributed by atoms with Crippen LogP contribution in [0.3, 0.4) is 0 Å². The zero-order chi connectivity index (χ0) is 12.8. The van der Waals surface area contributed by atoms with Gasteiger partial charge in [-0.3, -0.25) is 0 Å². The molecule has 3 nitrogen and oxygen atoms in total. The fraction of sp³-hybridized carbons (Fsp3) is 0.923. The number of hydrogen-bond donors (Lipinski definition) is 1. The third-order valence-corrected chi connectivity index (χ3v) is 4.08. The highest BCUT2D eigenvalue weighted by Gasteiger charge is 2.64. The number of nitrogens with zero attached hydrogens (tertiary/aromatic N) is 1. The first-order chi connectivity index (χ1) is 7.04. The van der Waals surface area contributed by atoms with Crippen molar-refractivity contribution in [2.24, 2.45) is 5.41 Å². The van der Waals surface area contributed by atoms with Crippen LogP contribution in [0, 0.1) is 16.7 Å². The van der Waals surface area contributed by atoms with E-state index in [2.05, 4.69) is 6.07 Å². The molecule has 0 aromatic heterocycles. The predicted octanol–water partition coefficient (Wildman–Crippen LogP) is 2.63. The number of rotatable bonds is 2. The molecule has 16 heavy (non-hydrogen) atoms. The van der Waals surface area contributed by atoms with Crippen molar-refractivity contribution in [1.29, 1.82) is 5.26 Å². The van der Waals surface area contributed by atoms with E-state index in [1.165, 1.54) is 0 Å². The molecule has 0 radical (unpaired) electrons. The van der Waals surface area contributed by atoms with Gasteiger partial charge >= 0.3 is 0 Å². The topological polar surface area (TPSA) is 53.2 Å². The van der Waals surface area contributed by atoms with E-state index in [1.807, 2.05) is 41.5 Å². The summed E-state index contributed by atoms with van der Waals surface area (Å²) >= 11 is 0. The first kappa shape index (κ1) is 13.5. The Labute approximate surface area is 98.4 Å². The van der Waals surface area contributed by atoms with Crippen LogP contribution in [-0.4, -0.2) is 21.9 Å². The highest BCUT2D eigenvalue weighted by atomic mass is 16.5. The van der Waals surface area contributed by atoms with Crippen molar-refractivity contribution in [3.05, 3.63) is 0 Å². The Hall–Kier alpha value is -0.590. The monoisotopic (exact) mass is 225 g/mol. The van der Waals surface area contributed by atoms with Crippen molar-refractivity contribution < 1.29 is 9.84 Å². The molecule has 1 rings (SSSR count). The Morgan fingerprint density at radius 3 is 2.12 bits per heavy atom. The fourth-order valence-corrected chi connectivity index (χ4v) is 2.96. The van der Waals surface area contributed by atoms with Crippen LogP contribution in [0.2, 0.25) is 0 Å². The van der Waals surface area contributed by atoms with Gasteiger partial charge in [0.25, 0.3) is 0 Å². The van der Waals surface area contributed by atoms with Crippen LogP contribution in [0.5, 0.6) is 0 Å². The molecule has 1 aliphatic rings. The molecule has 3 heteroatoms. The molecule has 0 amide bonds. The summed E-state index contributed by atoms with van der Waals surface area (Å²) in [5.74, 6) is 0. The van der Waals surface area contributed by atoms with E-state index in [1.54, 1.807) is 0 Å². The SMILES string of the molecule is CCC(C)(C#N)C1(O)CC(C)(C)OC1(C)C. The van der Waals surface area contributed by atoms with Crippen molar-refractivity contribution >= 4 is 0 Å². The summed E-state index contributed by atoms with van der Waals surface area (Å²) in [6, 6.07) is 2.27. The van der Waals surface area contributed by atoms with E-state index in [-0.39, 0.29) is 5.60 Å². The number of nitriles is 1. The molecule has 2 atom stereocenters. The molecule has 1 heterocycles. The maximum absolute atomic E-state index is 10.9. The zero-order valence-electron chi connectivity index (χ0n) is 11.2. The van der Waals surface area contributed by atoms with Crippen LogP contribution >= 0.6 is 0 Å². The van der Waals surface area contributed by atoms with Gasteiger partial charge in [0, 0.05) is 6.42 Å². The summed E-state index contributed by atoms with van der Waals surface area (Å²) < 4.78 is 5.90. The number of hydrogen-bond acceptors (Lipinski definition) is 3. The summed E-state index contributed by atoms with van der Waals surface area (Å²) in [4.78, 5) is 0. The smallest absolute Gasteiger partial charge is 0.114 e. The van der Waals surface area contributed by atoms with E-state index in [0.717, 1.165) is 0 Å². The molecular formula is C13H23NO2. The summed E-state index contributed by atoms with van der Waals surface area (Å²) in [5.41, 5.74) is -2.96. The maximum atomic E-state index is 10.9. The first-order valence-corrected chi connectivity index (χ1v) is 5.87. The lowest BCUT2D eigenvalue weighted by Gasteiger charge is -2.44. The number of aliphatic hydroxyl groups is 1. The van der Waals surface area contributed by atoms with Gasteiger partial charge in [0.1, 0.15) is 5.60 Å². The van der Waals surface area contributed by atoms with Gasteiger partial charge in [0.05, 0.1) is 22.7 Å². The van der Waals surface area contributed by atoms with Crippen LogP contribution in [0.4, 0.5) is 0 Å². The Morgan fingerprint density at radius 2 is 1.88 bits per heavy atom. The molecule has 0 aliphatic carbocycles. The molecule has 1 fully saturated rings. The van der Waals surface area contributed by atoms with Gasteiger partial charge in [-0.15, -0.1) is 0 Å². The Balaban J connectivity index is 3.25. The number of ether oxygens (including phenoxy) is 1. The van der Waals surface area contributed by atoms with Gasteiger partial charge in [0.2, 0.25) is 0 Å². The second-order valence-electron chi connectivity index (χ2n) is 6.21. The highest BCUT2D eigenvalue weighted by Crippen LogP contribution is 2.54. The summed E-state index contributed by atoms with van der Waals surface area (Å²) in [6.07, 6.45) is 1.10. The van der Waals surface area contributed by atoms with E-state index >= 15 is 0 Å². The van der Waals surface area contributed by atoms with E-state index in [4.69, 9.17) is 4.74 Å². The second kappa shape index (κ2) is 3.45. The zero-order valence-corrected chi connectivity index (χ0v) is 11.2. The molecule has 0 aromatic rings. The van der Waals surface area contributed by atoms with E-state index < -0.39 is 16.6 Å². The molecule has 1 N–H and O–H groups in total. The average molecular weight is 225 g/mol. The lowest BCUT2D eigenvalue weighted by atomic mass is 9.63. The van der Waals surface area contributed by atoms with Gasteiger partial charge in [-0.1, -0.05) is 6.92 Å². The minimum absolute atomic E-state index is 0.383. The van der Waals surface area contributed by atoms with Gasteiger partial charge < -0.3 is 9.84 Å². The first-order valence-electron chi connectivity index (χ1n) is 5.87. The molecule has 2 unspecified atom stereocenters. The van der Waals surface area contributed by atoms with Gasteiger partial charge in [-0.05, 0) is 41.0 Å². The molecule has 0 bridgehead atoms. The van der Waals surface area contributed by atoms with E-state index in [9.17, 15) is 10.4 Å². The Morgan fingerprint density at radius 1 is 1.38 bits per heavy atom. The quantitative estimate of drug-likeness (QED) is 0.786. The van der Waals surface area contributed by atoms with Crippen LogP contribution in [0.25, 0.3) is 0 Å². The van der Waals surface area contributed by atoms with Crippen LogP contribution < -0.4 is 0 Å². The molecular weight excluding hydrogens is 202 g/mol. The summed E-state index contributed by atoms with van der Waals surface area (Å²) in [7, 11) is 0. The molecule has 0 spiro atoms. The molecule has 0 saturated carbocycles. The Kier molecular flexibility index (Phi) is 2.90. The van der Waals surface area contributed by atoms with E-state index in [0.29, 0.717) is 12.8 Å². The normalized spacial score (nSPS) is 35.4. The molecule has 1 saturated heterocycles. The standard InChI is InChI=1S/C13H23NO2/c1-7-12(6,9-14)13(15)8-10(2,3)16-11(13,4)5/h15H,7-8H2,1-6H3. The van der Waals surface area contributed by atoms with Crippen LogP contribution in [0.15, 0.2) is 0 Å². The van der Waals surface area contributed by atoms with Crippen molar-refractivity contribution in [1.82, 2.24) is 0 Å². The van der Waals surface area contributed by atoms with Crippen LogP contribution in [0.1, 0.15) is 54.4 Å². The van der Waals surface area contributed by atoms with Crippen molar-refractivity contribution in [3.63, 3.8) is 0 Å². The third-order valence-electron chi connectivity index (χ3n) is 4.08. The van der Waals surface area contributed by atoms with Crippen molar-refractivity contribution in [2.75, 3.05) is 0 Å².